The van der Waals surface area contributed by atoms with Gasteiger partial charge in [-0.25, -0.2) is 0 Å². The first-order valence-corrected chi connectivity index (χ1v) is 7.13. The van der Waals surface area contributed by atoms with E-state index in [1.807, 2.05) is 26.0 Å². The first kappa shape index (κ1) is 15.4. The minimum Gasteiger partial charge on any atom is -0.497 e. The molecule has 21 heavy (non-hydrogen) atoms. The van der Waals surface area contributed by atoms with E-state index in [1.165, 1.54) is 0 Å². The number of carbonyl (C=O) groups excluding carboxylic acids is 1. The van der Waals surface area contributed by atoms with E-state index in [2.05, 4.69) is 0 Å². The number of carboxylic acid groups (broad SMARTS) is 1. The number of carboxylic acids is 1. The average molecular weight is 291 g/mol. The van der Waals surface area contributed by atoms with E-state index in [-0.39, 0.29) is 11.9 Å². The summed E-state index contributed by atoms with van der Waals surface area (Å²) in [5.74, 6) is -0.695. The van der Waals surface area contributed by atoms with E-state index in [0.717, 1.165) is 5.56 Å². The minimum atomic E-state index is -0.853. The number of rotatable bonds is 4. The highest BCUT2D eigenvalue weighted by Crippen LogP contribution is 2.38. The summed E-state index contributed by atoms with van der Waals surface area (Å²) in [7, 11) is 1.58. The van der Waals surface area contributed by atoms with Gasteiger partial charge in [0.05, 0.1) is 19.1 Å². The number of likely N-dealkylation sites (tertiary alicyclic amines) is 1. The van der Waals surface area contributed by atoms with Gasteiger partial charge in [0.2, 0.25) is 5.91 Å². The van der Waals surface area contributed by atoms with Crippen molar-refractivity contribution in [3.05, 3.63) is 29.8 Å². The Morgan fingerprint density at radius 1 is 1.33 bits per heavy atom. The Labute approximate surface area is 124 Å². The van der Waals surface area contributed by atoms with Gasteiger partial charge in [-0.3, -0.25) is 9.59 Å². The number of hydrogen-bond donors (Lipinski definition) is 1. The molecule has 2 rings (SSSR count). The van der Waals surface area contributed by atoms with Gasteiger partial charge in [-0.15, -0.1) is 0 Å². The van der Waals surface area contributed by atoms with Crippen LogP contribution >= 0.6 is 0 Å². The Morgan fingerprint density at radius 2 is 1.95 bits per heavy atom. The van der Waals surface area contributed by atoms with Crippen LogP contribution in [0.3, 0.4) is 0 Å². The van der Waals surface area contributed by atoms with Crippen molar-refractivity contribution in [1.82, 2.24) is 4.90 Å². The van der Waals surface area contributed by atoms with Crippen molar-refractivity contribution in [2.45, 2.75) is 38.8 Å². The molecule has 0 radical (unpaired) electrons. The Bertz CT molecular complexity index is 524. The molecule has 1 aromatic rings. The van der Waals surface area contributed by atoms with Gasteiger partial charge in [-0.1, -0.05) is 12.1 Å². The summed E-state index contributed by atoms with van der Waals surface area (Å²) in [6, 6.07) is 6.82. The second kappa shape index (κ2) is 6.16. The van der Waals surface area contributed by atoms with E-state index >= 15 is 0 Å². The largest absolute Gasteiger partial charge is 0.497 e. The number of ether oxygens (including phenoxy) is 1. The molecule has 1 amide bonds. The second-order valence-corrected chi connectivity index (χ2v) is 5.60. The van der Waals surface area contributed by atoms with Gasteiger partial charge in [0, 0.05) is 12.5 Å². The van der Waals surface area contributed by atoms with Gasteiger partial charge < -0.3 is 14.7 Å². The van der Waals surface area contributed by atoms with E-state index in [4.69, 9.17) is 4.74 Å². The number of amides is 1. The van der Waals surface area contributed by atoms with Crippen molar-refractivity contribution in [3.63, 3.8) is 0 Å². The summed E-state index contributed by atoms with van der Waals surface area (Å²) < 4.78 is 5.13. The zero-order chi connectivity index (χ0) is 15.6. The SMILES string of the molecule is COc1ccc(C2C(C(=O)O)CCC(=O)N2C(C)C)cc1. The molecule has 2 atom stereocenters. The summed E-state index contributed by atoms with van der Waals surface area (Å²) in [5.41, 5.74) is 0.838. The molecule has 0 bridgehead atoms. The molecule has 0 saturated carbocycles. The van der Waals surface area contributed by atoms with Gasteiger partial charge in [-0.05, 0) is 38.0 Å². The molecule has 5 nitrogen and oxygen atoms in total. The lowest BCUT2D eigenvalue weighted by molar-refractivity contribution is -0.153. The van der Waals surface area contributed by atoms with Gasteiger partial charge in [0.25, 0.3) is 0 Å². The normalized spacial score (nSPS) is 22.5. The molecule has 114 valence electrons. The number of benzene rings is 1. The van der Waals surface area contributed by atoms with Crippen molar-refractivity contribution in [3.8, 4) is 5.75 Å². The molecule has 1 aliphatic rings. The monoisotopic (exact) mass is 291 g/mol. The van der Waals surface area contributed by atoms with Gasteiger partial charge >= 0.3 is 5.97 Å². The van der Waals surface area contributed by atoms with Crippen LogP contribution in [0.15, 0.2) is 24.3 Å². The lowest BCUT2D eigenvalue weighted by Crippen LogP contribution is -2.48. The molecule has 1 aromatic carbocycles. The Balaban J connectivity index is 2.43. The highest BCUT2D eigenvalue weighted by molar-refractivity contribution is 5.82. The Morgan fingerprint density at radius 3 is 2.43 bits per heavy atom. The predicted molar refractivity (Wildman–Crippen MR) is 78.1 cm³/mol. The molecule has 0 spiro atoms. The van der Waals surface area contributed by atoms with Gasteiger partial charge in [0.1, 0.15) is 5.75 Å². The maximum Gasteiger partial charge on any atom is 0.308 e. The zero-order valence-electron chi connectivity index (χ0n) is 12.6. The number of nitrogens with zero attached hydrogens (tertiary/aromatic N) is 1. The molecule has 1 heterocycles. The number of piperidine rings is 1. The molecule has 2 unspecified atom stereocenters. The quantitative estimate of drug-likeness (QED) is 0.925. The van der Waals surface area contributed by atoms with E-state index in [0.29, 0.717) is 18.6 Å². The van der Waals surface area contributed by atoms with Crippen molar-refractivity contribution in [2.75, 3.05) is 7.11 Å². The summed E-state index contributed by atoms with van der Waals surface area (Å²) in [6.07, 6.45) is 0.676. The number of methoxy groups -OCH3 is 1. The van der Waals surface area contributed by atoms with Crippen molar-refractivity contribution in [2.24, 2.45) is 5.92 Å². The van der Waals surface area contributed by atoms with E-state index < -0.39 is 17.9 Å². The van der Waals surface area contributed by atoms with Crippen LogP contribution in [0, 0.1) is 5.92 Å². The van der Waals surface area contributed by atoms with E-state index in [1.54, 1.807) is 24.1 Å². The third-order valence-electron chi connectivity index (χ3n) is 3.97. The molecule has 1 N–H and O–H groups in total. The smallest absolute Gasteiger partial charge is 0.308 e. The van der Waals surface area contributed by atoms with Crippen LogP contribution in [0.5, 0.6) is 5.75 Å². The molecule has 0 aromatic heterocycles. The average Bonchev–Trinajstić information content (AvgIpc) is 2.46. The number of aliphatic carboxylic acids is 1. The Hall–Kier alpha value is -2.04. The zero-order valence-corrected chi connectivity index (χ0v) is 12.6. The Kier molecular flexibility index (Phi) is 4.50. The van der Waals surface area contributed by atoms with Crippen LogP contribution in [0.1, 0.15) is 38.3 Å². The fraction of sp³-hybridized carbons (Fsp3) is 0.500. The summed E-state index contributed by atoms with van der Waals surface area (Å²) in [4.78, 5) is 25.5. The predicted octanol–water partition coefficient (Wildman–Crippen LogP) is 2.47. The number of carbonyl (C=O) groups is 2. The molecule has 1 aliphatic heterocycles. The molecular weight excluding hydrogens is 270 g/mol. The summed E-state index contributed by atoms with van der Waals surface area (Å²) in [5, 5.41) is 9.49. The van der Waals surface area contributed by atoms with Crippen molar-refractivity contribution < 1.29 is 19.4 Å². The van der Waals surface area contributed by atoms with Crippen LogP contribution in [-0.4, -0.2) is 35.0 Å². The standard InChI is InChI=1S/C16H21NO4/c1-10(2)17-14(18)9-8-13(16(19)20)15(17)11-4-6-12(21-3)7-5-11/h4-7,10,13,15H,8-9H2,1-3H3,(H,19,20). The highest BCUT2D eigenvalue weighted by Gasteiger charge is 2.41. The molecule has 1 saturated heterocycles. The fourth-order valence-corrected chi connectivity index (χ4v) is 2.98. The van der Waals surface area contributed by atoms with Crippen LogP contribution in [0.25, 0.3) is 0 Å². The maximum absolute atomic E-state index is 12.2. The highest BCUT2D eigenvalue weighted by atomic mass is 16.5. The van der Waals surface area contributed by atoms with Crippen LogP contribution in [0.2, 0.25) is 0 Å². The number of hydrogen-bond acceptors (Lipinski definition) is 3. The van der Waals surface area contributed by atoms with E-state index in [9.17, 15) is 14.7 Å². The van der Waals surface area contributed by atoms with Crippen LogP contribution in [0.4, 0.5) is 0 Å². The third-order valence-corrected chi connectivity index (χ3v) is 3.97. The summed E-state index contributed by atoms with van der Waals surface area (Å²) in [6.45, 7) is 3.83. The van der Waals surface area contributed by atoms with Gasteiger partial charge in [0.15, 0.2) is 0 Å². The lowest BCUT2D eigenvalue weighted by Gasteiger charge is -2.42. The van der Waals surface area contributed by atoms with Gasteiger partial charge in [-0.2, -0.15) is 0 Å². The lowest BCUT2D eigenvalue weighted by atomic mass is 9.83. The fourth-order valence-electron chi connectivity index (χ4n) is 2.98. The third kappa shape index (κ3) is 3.01. The first-order valence-electron chi connectivity index (χ1n) is 7.13. The first-order chi connectivity index (χ1) is 9.95. The molecule has 5 heteroatoms. The van der Waals surface area contributed by atoms with Crippen molar-refractivity contribution in [1.29, 1.82) is 0 Å². The second-order valence-electron chi connectivity index (χ2n) is 5.60. The summed E-state index contributed by atoms with van der Waals surface area (Å²) >= 11 is 0. The van der Waals surface area contributed by atoms with Crippen molar-refractivity contribution >= 4 is 11.9 Å². The maximum atomic E-state index is 12.2. The molecule has 0 aliphatic carbocycles. The minimum absolute atomic E-state index is 0.0170. The topological polar surface area (TPSA) is 66.8 Å². The van der Waals surface area contributed by atoms with Crippen LogP contribution < -0.4 is 4.74 Å². The molecule has 1 fully saturated rings. The van der Waals surface area contributed by atoms with Crippen LogP contribution in [-0.2, 0) is 9.59 Å². The molecular formula is C16H21NO4.